The Morgan fingerprint density at radius 3 is 2.85 bits per heavy atom. The summed E-state index contributed by atoms with van der Waals surface area (Å²) in [5.74, 6) is 1.06. The SMILES string of the molecule is COc1ccc(OC)c(CN(C(=O)c2cnc3sccn3c2=O)C2CC2)c1. The van der Waals surface area contributed by atoms with Crippen LogP contribution in [0, 0.1) is 0 Å². The van der Waals surface area contributed by atoms with Gasteiger partial charge in [-0.15, -0.1) is 11.3 Å². The molecule has 8 heteroatoms. The van der Waals surface area contributed by atoms with Crippen LogP contribution in [0.15, 0.2) is 40.8 Å². The quantitative estimate of drug-likeness (QED) is 0.652. The molecule has 0 aliphatic heterocycles. The second-order valence-electron chi connectivity index (χ2n) is 6.37. The molecule has 0 radical (unpaired) electrons. The van der Waals surface area contributed by atoms with Gasteiger partial charge in [-0.3, -0.25) is 14.0 Å². The molecule has 4 rings (SSSR count). The summed E-state index contributed by atoms with van der Waals surface area (Å²) in [6.07, 6.45) is 4.87. The van der Waals surface area contributed by atoms with Crippen LogP contribution in [0.4, 0.5) is 0 Å². The highest BCUT2D eigenvalue weighted by Gasteiger charge is 2.35. The lowest BCUT2D eigenvalue weighted by molar-refractivity contribution is 0.0726. The van der Waals surface area contributed by atoms with E-state index in [0.717, 1.165) is 18.4 Å². The minimum Gasteiger partial charge on any atom is -0.497 e. The zero-order valence-corrected chi connectivity index (χ0v) is 15.9. The predicted molar refractivity (Wildman–Crippen MR) is 102 cm³/mol. The second kappa shape index (κ2) is 7.03. The molecule has 2 aromatic heterocycles. The fraction of sp³-hybridized carbons (Fsp3) is 0.316. The summed E-state index contributed by atoms with van der Waals surface area (Å²) in [5.41, 5.74) is 0.580. The molecule has 1 aliphatic carbocycles. The second-order valence-corrected chi connectivity index (χ2v) is 7.25. The standard InChI is InChI=1S/C19H19N3O4S/c1-25-14-5-6-16(26-2)12(9-14)11-22(13-3-4-13)18(24)15-10-20-19-21(17(15)23)7-8-27-19/h5-10,13H,3-4,11H2,1-2H3. The maximum atomic E-state index is 13.2. The molecule has 0 spiro atoms. The Balaban J connectivity index is 1.70. The van der Waals surface area contributed by atoms with E-state index < -0.39 is 0 Å². The van der Waals surface area contributed by atoms with Gasteiger partial charge >= 0.3 is 0 Å². The number of amides is 1. The van der Waals surface area contributed by atoms with E-state index >= 15 is 0 Å². The molecular formula is C19H19N3O4S. The van der Waals surface area contributed by atoms with Gasteiger partial charge in [-0.25, -0.2) is 4.98 Å². The van der Waals surface area contributed by atoms with Gasteiger partial charge in [0.05, 0.1) is 20.8 Å². The van der Waals surface area contributed by atoms with E-state index in [-0.39, 0.29) is 23.1 Å². The first kappa shape index (κ1) is 17.5. The normalized spacial score (nSPS) is 13.6. The third kappa shape index (κ3) is 3.28. The molecule has 0 saturated heterocycles. The Bertz CT molecular complexity index is 1050. The van der Waals surface area contributed by atoms with Gasteiger partial charge in [0, 0.05) is 29.4 Å². The van der Waals surface area contributed by atoms with Gasteiger partial charge in [0.15, 0.2) is 4.96 Å². The first-order chi connectivity index (χ1) is 13.1. The van der Waals surface area contributed by atoms with Gasteiger partial charge in [0.2, 0.25) is 0 Å². The smallest absolute Gasteiger partial charge is 0.271 e. The number of methoxy groups -OCH3 is 2. The van der Waals surface area contributed by atoms with Gasteiger partial charge in [-0.1, -0.05) is 0 Å². The van der Waals surface area contributed by atoms with E-state index in [1.807, 2.05) is 18.2 Å². The number of carbonyl (C=O) groups is 1. The molecule has 1 saturated carbocycles. The maximum absolute atomic E-state index is 13.2. The summed E-state index contributed by atoms with van der Waals surface area (Å²) >= 11 is 1.36. The minimum atomic E-state index is -0.338. The Hall–Kier alpha value is -2.87. The van der Waals surface area contributed by atoms with E-state index in [1.54, 1.807) is 30.7 Å². The van der Waals surface area contributed by atoms with E-state index in [0.29, 0.717) is 23.0 Å². The van der Waals surface area contributed by atoms with Crippen molar-refractivity contribution in [3.63, 3.8) is 0 Å². The van der Waals surface area contributed by atoms with E-state index in [9.17, 15) is 9.59 Å². The van der Waals surface area contributed by atoms with Crippen molar-refractivity contribution >= 4 is 22.2 Å². The van der Waals surface area contributed by atoms with Gasteiger partial charge in [-0.2, -0.15) is 0 Å². The number of nitrogens with zero attached hydrogens (tertiary/aromatic N) is 3. The van der Waals surface area contributed by atoms with Crippen molar-refractivity contribution in [2.75, 3.05) is 14.2 Å². The molecule has 7 nitrogen and oxygen atoms in total. The molecular weight excluding hydrogens is 366 g/mol. The number of fused-ring (bicyclic) bond motifs is 1. The van der Waals surface area contributed by atoms with Crippen molar-refractivity contribution in [1.29, 1.82) is 0 Å². The average Bonchev–Trinajstić information content (AvgIpc) is 3.41. The van der Waals surface area contributed by atoms with Crippen LogP contribution in [0.2, 0.25) is 0 Å². The fourth-order valence-corrected chi connectivity index (χ4v) is 3.74. The monoisotopic (exact) mass is 385 g/mol. The van der Waals surface area contributed by atoms with Crippen molar-refractivity contribution in [1.82, 2.24) is 14.3 Å². The Labute approximate surface area is 159 Å². The topological polar surface area (TPSA) is 73.1 Å². The lowest BCUT2D eigenvalue weighted by Gasteiger charge is -2.23. The van der Waals surface area contributed by atoms with Crippen LogP contribution >= 0.6 is 11.3 Å². The van der Waals surface area contributed by atoms with Gasteiger partial charge in [-0.05, 0) is 31.0 Å². The molecule has 140 valence electrons. The Kier molecular flexibility index (Phi) is 4.57. The number of hydrogen-bond acceptors (Lipinski definition) is 6. The van der Waals surface area contributed by atoms with Crippen LogP contribution in [0.1, 0.15) is 28.8 Å². The highest BCUT2D eigenvalue weighted by atomic mass is 32.1. The summed E-state index contributed by atoms with van der Waals surface area (Å²) in [5, 5.41) is 1.78. The number of rotatable bonds is 6. The first-order valence-corrected chi connectivity index (χ1v) is 9.47. The van der Waals surface area contributed by atoms with Crippen LogP contribution in [-0.4, -0.2) is 40.5 Å². The van der Waals surface area contributed by atoms with E-state index in [2.05, 4.69) is 4.98 Å². The van der Waals surface area contributed by atoms with Crippen LogP contribution in [0.25, 0.3) is 4.96 Å². The molecule has 1 aromatic carbocycles. The highest BCUT2D eigenvalue weighted by Crippen LogP contribution is 2.32. The van der Waals surface area contributed by atoms with Crippen molar-refractivity contribution in [3.05, 3.63) is 57.5 Å². The first-order valence-electron chi connectivity index (χ1n) is 8.59. The third-order valence-corrected chi connectivity index (χ3v) is 5.42. The van der Waals surface area contributed by atoms with Crippen LogP contribution in [-0.2, 0) is 6.54 Å². The van der Waals surface area contributed by atoms with Crippen molar-refractivity contribution < 1.29 is 14.3 Å². The Morgan fingerprint density at radius 1 is 1.33 bits per heavy atom. The number of aromatic nitrogens is 2. The molecule has 2 heterocycles. The molecule has 27 heavy (non-hydrogen) atoms. The van der Waals surface area contributed by atoms with Gasteiger partial charge in [0.25, 0.3) is 11.5 Å². The molecule has 1 fully saturated rings. The molecule has 0 atom stereocenters. The summed E-state index contributed by atoms with van der Waals surface area (Å²) in [6.45, 7) is 0.343. The number of ether oxygens (including phenoxy) is 2. The largest absolute Gasteiger partial charge is 0.497 e. The van der Waals surface area contributed by atoms with Crippen molar-refractivity contribution in [2.24, 2.45) is 0 Å². The number of carbonyl (C=O) groups excluding carboxylic acids is 1. The Morgan fingerprint density at radius 2 is 2.15 bits per heavy atom. The van der Waals surface area contributed by atoms with Crippen molar-refractivity contribution in [2.45, 2.75) is 25.4 Å². The minimum absolute atomic E-state index is 0.0830. The third-order valence-electron chi connectivity index (χ3n) is 4.65. The summed E-state index contributed by atoms with van der Waals surface area (Å²) in [6, 6.07) is 5.61. The highest BCUT2D eigenvalue weighted by molar-refractivity contribution is 7.15. The van der Waals surface area contributed by atoms with E-state index in [1.165, 1.54) is 21.9 Å². The predicted octanol–water partition coefficient (Wildman–Crippen LogP) is 2.58. The molecule has 3 aromatic rings. The van der Waals surface area contributed by atoms with Crippen LogP contribution < -0.4 is 15.0 Å². The number of hydrogen-bond donors (Lipinski definition) is 0. The zero-order chi connectivity index (χ0) is 19.0. The number of benzene rings is 1. The summed E-state index contributed by atoms with van der Waals surface area (Å²) in [4.78, 5) is 32.4. The van der Waals surface area contributed by atoms with Gasteiger partial charge in [0.1, 0.15) is 17.1 Å². The molecule has 1 aliphatic rings. The maximum Gasteiger partial charge on any atom is 0.271 e. The zero-order valence-electron chi connectivity index (χ0n) is 15.0. The van der Waals surface area contributed by atoms with Gasteiger partial charge < -0.3 is 14.4 Å². The lowest BCUT2D eigenvalue weighted by atomic mass is 10.1. The average molecular weight is 385 g/mol. The van der Waals surface area contributed by atoms with Crippen molar-refractivity contribution in [3.8, 4) is 11.5 Å². The number of thiazole rings is 1. The lowest BCUT2D eigenvalue weighted by Crippen LogP contribution is -2.37. The fourth-order valence-electron chi connectivity index (χ4n) is 3.07. The van der Waals surface area contributed by atoms with E-state index in [4.69, 9.17) is 9.47 Å². The summed E-state index contributed by atoms with van der Waals surface area (Å²) < 4.78 is 12.1. The molecule has 0 unspecified atom stereocenters. The van der Waals surface area contributed by atoms with Crippen LogP contribution in [0.3, 0.4) is 0 Å². The summed E-state index contributed by atoms with van der Waals surface area (Å²) in [7, 11) is 3.19. The molecule has 1 amide bonds. The molecule has 0 bridgehead atoms. The molecule has 0 N–H and O–H groups in total. The van der Waals surface area contributed by atoms with Crippen LogP contribution in [0.5, 0.6) is 11.5 Å².